The SMILES string of the molecule is CCC(C)(O)C(=O)NC1CCCN1C(=O)/C=C/c1ccccc1. The van der Waals surface area contributed by atoms with Crippen LogP contribution in [0, 0.1) is 0 Å². The van der Waals surface area contributed by atoms with E-state index in [0.29, 0.717) is 19.4 Å². The van der Waals surface area contributed by atoms with Crippen molar-refractivity contribution < 1.29 is 14.7 Å². The molecule has 0 spiro atoms. The Labute approximate surface area is 137 Å². The topological polar surface area (TPSA) is 69.6 Å². The first-order chi connectivity index (χ1) is 10.9. The van der Waals surface area contributed by atoms with Crippen molar-refractivity contribution in [3.05, 3.63) is 42.0 Å². The van der Waals surface area contributed by atoms with Gasteiger partial charge >= 0.3 is 0 Å². The molecule has 1 aromatic rings. The van der Waals surface area contributed by atoms with E-state index in [1.807, 2.05) is 30.3 Å². The van der Waals surface area contributed by atoms with Crippen LogP contribution < -0.4 is 5.32 Å². The molecule has 5 heteroatoms. The highest BCUT2D eigenvalue weighted by atomic mass is 16.3. The van der Waals surface area contributed by atoms with Crippen molar-refractivity contribution in [3.63, 3.8) is 0 Å². The average molecular weight is 316 g/mol. The number of rotatable bonds is 5. The molecule has 0 saturated carbocycles. The Morgan fingerprint density at radius 1 is 1.39 bits per heavy atom. The molecule has 1 aliphatic heterocycles. The van der Waals surface area contributed by atoms with E-state index in [4.69, 9.17) is 0 Å². The molecular formula is C18H24N2O3. The lowest BCUT2D eigenvalue weighted by Crippen LogP contribution is -2.53. The molecular weight excluding hydrogens is 292 g/mol. The van der Waals surface area contributed by atoms with Crippen molar-refractivity contribution in [3.8, 4) is 0 Å². The van der Waals surface area contributed by atoms with Crippen LogP contribution in [0.2, 0.25) is 0 Å². The molecule has 1 saturated heterocycles. The molecule has 1 aliphatic rings. The van der Waals surface area contributed by atoms with Gasteiger partial charge < -0.3 is 15.3 Å². The molecule has 2 unspecified atom stereocenters. The zero-order valence-corrected chi connectivity index (χ0v) is 13.7. The molecule has 1 fully saturated rings. The number of likely N-dealkylation sites (tertiary alicyclic amines) is 1. The fourth-order valence-electron chi connectivity index (χ4n) is 2.48. The number of amides is 2. The van der Waals surface area contributed by atoms with Crippen LogP contribution in [-0.4, -0.2) is 40.1 Å². The lowest BCUT2D eigenvalue weighted by atomic mass is 10.0. The van der Waals surface area contributed by atoms with Gasteiger partial charge in [0.05, 0.1) is 0 Å². The van der Waals surface area contributed by atoms with Crippen LogP contribution in [0.1, 0.15) is 38.7 Å². The predicted octanol–water partition coefficient (Wildman–Crippen LogP) is 1.93. The van der Waals surface area contributed by atoms with Gasteiger partial charge in [-0.2, -0.15) is 0 Å². The van der Waals surface area contributed by atoms with E-state index < -0.39 is 11.5 Å². The molecule has 1 aromatic carbocycles. The minimum absolute atomic E-state index is 0.132. The van der Waals surface area contributed by atoms with Gasteiger partial charge in [0.25, 0.3) is 5.91 Å². The number of hydrogen-bond donors (Lipinski definition) is 2. The molecule has 0 aliphatic carbocycles. The first kappa shape index (κ1) is 17.2. The fraction of sp³-hybridized carbons (Fsp3) is 0.444. The second-order valence-electron chi connectivity index (χ2n) is 6.03. The number of aliphatic hydroxyl groups is 1. The highest BCUT2D eigenvalue weighted by Gasteiger charge is 2.34. The first-order valence-corrected chi connectivity index (χ1v) is 8.01. The number of carbonyl (C=O) groups excluding carboxylic acids is 2. The van der Waals surface area contributed by atoms with Crippen molar-refractivity contribution in [1.82, 2.24) is 10.2 Å². The molecule has 0 aromatic heterocycles. The molecule has 2 atom stereocenters. The molecule has 124 valence electrons. The van der Waals surface area contributed by atoms with Crippen molar-refractivity contribution in [2.75, 3.05) is 6.54 Å². The number of carbonyl (C=O) groups is 2. The Morgan fingerprint density at radius 2 is 2.09 bits per heavy atom. The number of benzene rings is 1. The third-order valence-corrected chi connectivity index (χ3v) is 4.23. The largest absolute Gasteiger partial charge is 0.380 e. The highest BCUT2D eigenvalue weighted by Crippen LogP contribution is 2.18. The maximum absolute atomic E-state index is 12.4. The monoisotopic (exact) mass is 316 g/mol. The van der Waals surface area contributed by atoms with Gasteiger partial charge in [-0.15, -0.1) is 0 Å². The summed E-state index contributed by atoms with van der Waals surface area (Å²) >= 11 is 0. The van der Waals surface area contributed by atoms with Gasteiger partial charge in [0, 0.05) is 12.6 Å². The van der Waals surface area contributed by atoms with Crippen LogP contribution in [-0.2, 0) is 9.59 Å². The maximum atomic E-state index is 12.4. The Bertz CT molecular complexity index is 581. The van der Waals surface area contributed by atoms with Crippen LogP contribution in [0.5, 0.6) is 0 Å². The third-order valence-electron chi connectivity index (χ3n) is 4.23. The summed E-state index contributed by atoms with van der Waals surface area (Å²) < 4.78 is 0. The zero-order chi connectivity index (χ0) is 16.9. The minimum atomic E-state index is -1.41. The summed E-state index contributed by atoms with van der Waals surface area (Å²) in [6.45, 7) is 3.84. The van der Waals surface area contributed by atoms with Gasteiger partial charge in [-0.25, -0.2) is 0 Å². The lowest BCUT2D eigenvalue weighted by molar-refractivity contribution is -0.141. The Hall–Kier alpha value is -2.14. The van der Waals surface area contributed by atoms with Crippen LogP contribution in [0.3, 0.4) is 0 Å². The Morgan fingerprint density at radius 3 is 2.74 bits per heavy atom. The summed E-state index contributed by atoms with van der Waals surface area (Å²) in [5, 5.41) is 12.8. The molecule has 2 amide bonds. The van der Waals surface area contributed by atoms with Gasteiger partial charge in [0.2, 0.25) is 5.91 Å². The number of nitrogens with one attached hydrogen (secondary N) is 1. The summed E-state index contributed by atoms with van der Waals surface area (Å²) in [6, 6.07) is 9.59. The predicted molar refractivity (Wildman–Crippen MR) is 89.3 cm³/mol. The Kier molecular flexibility index (Phi) is 5.55. The van der Waals surface area contributed by atoms with Crippen molar-refractivity contribution in [2.45, 2.75) is 44.9 Å². The van der Waals surface area contributed by atoms with Crippen LogP contribution in [0.25, 0.3) is 6.08 Å². The molecule has 2 N–H and O–H groups in total. The first-order valence-electron chi connectivity index (χ1n) is 8.01. The van der Waals surface area contributed by atoms with Gasteiger partial charge in [-0.1, -0.05) is 37.3 Å². The molecule has 5 nitrogen and oxygen atoms in total. The second kappa shape index (κ2) is 7.42. The van der Waals surface area contributed by atoms with E-state index in [-0.39, 0.29) is 12.1 Å². The van der Waals surface area contributed by atoms with E-state index in [0.717, 1.165) is 12.0 Å². The van der Waals surface area contributed by atoms with E-state index in [9.17, 15) is 14.7 Å². The van der Waals surface area contributed by atoms with Crippen molar-refractivity contribution in [2.24, 2.45) is 0 Å². The molecule has 23 heavy (non-hydrogen) atoms. The molecule has 2 rings (SSSR count). The quantitative estimate of drug-likeness (QED) is 0.816. The van der Waals surface area contributed by atoms with E-state index in [1.54, 1.807) is 17.9 Å². The summed E-state index contributed by atoms with van der Waals surface area (Å²) in [4.78, 5) is 26.1. The maximum Gasteiger partial charge on any atom is 0.253 e. The van der Waals surface area contributed by atoms with Crippen LogP contribution in [0.15, 0.2) is 36.4 Å². The van der Waals surface area contributed by atoms with Gasteiger partial charge in [0.1, 0.15) is 11.8 Å². The lowest BCUT2D eigenvalue weighted by Gasteiger charge is -2.28. The highest BCUT2D eigenvalue weighted by molar-refractivity contribution is 5.92. The fourth-order valence-corrected chi connectivity index (χ4v) is 2.48. The van der Waals surface area contributed by atoms with Crippen LogP contribution in [0.4, 0.5) is 0 Å². The number of nitrogens with zero attached hydrogens (tertiary/aromatic N) is 1. The van der Waals surface area contributed by atoms with Crippen molar-refractivity contribution in [1.29, 1.82) is 0 Å². The summed E-state index contributed by atoms with van der Waals surface area (Å²) in [6.07, 6.45) is 4.81. The van der Waals surface area contributed by atoms with Crippen LogP contribution >= 0.6 is 0 Å². The summed E-state index contributed by atoms with van der Waals surface area (Å²) in [5.41, 5.74) is -0.452. The smallest absolute Gasteiger partial charge is 0.253 e. The standard InChI is InChI=1S/C18H24N2O3/c1-3-18(2,23)17(22)19-15-10-7-13-20(15)16(21)12-11-14-8-5-4-6-9-14/h4-6,8-9,11-12,15,23H,3,7,10,13H2,1-2H3,(H,19,22)/b12-11+. The number of hydrogen-bond acceptors (Lipinski definition) is 3. The van der Waals surface area contributed by atoms with Gasteiger partial charge in [-0.05, 0) is 37.8 Å². The minimum Gasteiger partial charge on any atom is -0.380 e. The van der Waals surface area contributed by atoms with Gasteiger partial charge in [-0.3, -0.25) is 9.59 Å². The van der Waals surface area contributed by atoms with E-state index in [2.05, 4.69) is 5.32 Å². The zero-order valence-electron chi connectivity index (χ0n) is 13.7. The average Bonchev–Trinajstić information content (AvgIpc) is 3.01. The second-order valence-corrected chi connectivity index (χ2v) is 6.03. The van der Waals surface area contributed by atoms with E-state index >= 15 is 0 Å². The van der Waals surface area contributed by atoms with E-state index in [1.165, 1.54) is 13.0 Å². The molecule has 0 bridgehead atoms. The molecule has 1 heterocycles. The normalized spacial score (nSPS) is 20.5. The Balaban J connectivity index is 1.99. The van der Waals surface area contributed by atoms with Gasteiger partial charge in [0.15, 0.2) is 0 Å². The van der Waals surface area contributed by atoms with Crippen molar-refractivity contribution >= 4 is 17.9 Å². The summed E-state index contributed by atoms with van der Waals surface area (Å²) in [5.74, 6) is -0.565. The molecule has 0 radical (unpaired) electrons. The summed E-state index contributed by atoms with van der Waals surface area (Å²) in [7, 11) is 0. The third kappa shape index (κ3) is 4.42.